The standard InChI is InChI=1S/C14H21NO/c15-9-4-2-1-3-5-12-6-7-14-13(11-12)8-10-16-14/h6-7,11H,1-5,8-10,15H2. The highest BCUT2D eigenvalue weighted by atomic mass is 16.5. The summed E-state index contributed by atoms with van der Waals surface area (Å²) in [6.07, 6.45) is 7.28. The van der Waals surface area contributed by atoms with Crippen LogP contribution in [0.5, 0.6) is 5.75 Å². The van der Waals surface area contributed by atoms with Gasteiger partial charge in [0.05, 0.1) is 6.61 Å². The van der Waals surface area contributed by atoms with Crippen LogP contribution in [0.2, 0.25) is 0 Å². The van der Waals surface area contributed by atoms with E-state index in [2.05, 4.69) is 18.2 Å². The van der Waals surface area contributed by atoms with Crippen LogP contribution < -0.4 is 10.5 Å². The highest BCUT2D eigenvalue weighted by Crippen LogP contribution is 2.26. The average molecular weight is 219 g/mol. The molecule has 0 amide bonds. The lowest BCUT2D eigenvalue weighted by Gasteiger charge is -2.04. The van der Waals surface area contributed by atoms with Gasteiger partial charge in [-0.3, -0.25) is 0 Å². The monoisotopic (exact) mass is 219 g/mol. The minimum atomic E-state index is 0.830. The van der Waals surface area contributed by atoms with Crippen LogP contribution in [0.15, 0.2) is 18.2 Å². The van der Waals surface area contributed by atoms with E-state index in [9.17, 15) is 0 Å². The summed E-state index contributed by atoms with van der Waals surface area (Å²) >= 11 is 0. The van der Waals surface area contributed by atoms with Gasteiger partial charge in [0.1, 0.15) is 5.75 Å². The Morgan fingerprint density at radius 2 is 2.00 bits per heavy atom. The van der Waals surface area contributed by atoms with Crippen LogP contribution in [0, 0.1) is 0 Å². The maximum absolute atomic E-state index is 5.50. The molecule has 0 saturated carbocycles. The Kier molecular flexibility index (Phi) is 4.23. The highest BCUT2D eigenvalue weighted by Gasteiger charge is 2.11. The smallest absolute Gasteiger partial charge is 0.122 e. The molecule has 0 aliphatic carbocycles. The van der Waals surface area contributed by atoms with Gasteiger partial charge in [0.15, 0.2) is 0 Å². The third-order valence-corrected chi connectivity index (χ3v) is 3.17. The maximum atomic E-state index is 5.50. The molecule has 16 heavy (non-hydrogen) atoms. The van der Waals surface area contributed by atoms with Crippen molar-refractivity contribution < 1.29 is 4.74 Å². The van der Waals surface area contributed by atoms with Gasteiger partial charge in [-0.2, -0.15) is 0 Å². The molecular formula is C14H21NO. The van der Waals surface area contributed by atoms with Gasteiger partial charge in [-0.1, -0.05) is 25.0 Å². The largest absolute Gasteiger partial charge is 0.493 e. The molecule has 2 heteroatoms. The second kappa shape index (κ2) is 5.90. The number of fused-ring (bicyclic) bond motifs is 1. The van der Waals surface area contributed by atoms with Crippen molar-refractivity contribution in [2.24, 2.45) is 5.73 Å². The number of aryl methyl sites for hydroxylation is 1. The quantitative estimate of drug-likeness (QED) is 0.747. The Labute approximate surface area is 97.8 Å². The maximum Gasteiger partial charge on any atom is 0.122 e. The zero-order valence-electron chi connectivity index (χ0n) is 9.87. The lowest BCUT2D eigenvalue weighted by molar-refractivity contribution is 0.357. The first-order chi connectivity index (χ1) is 7.90. The molecule has 1 aromatic carbocycles. The van der Waals surface area contributed by atoms with E-state index in [-0.39, 0.29) is 0 Å². The number of ether oxygens (including phenoxy) is 1. The van der Waals surface area contributed by atoms with E-state index >= 15 is 0 Å². The third-order valence-electron chi connectivity index (χ3n) is 3.17. The number of nitrogens with two attached hydrogens (primary N) is 1. The van der Waals surface area contributed by atoms with Crippen LogP contribution in [-0.4, -0.2) is 13.2 Å². The molecule has 1 aliphatic heterocycles. The topological polar surface area (TPSA) is 35.2 Å². The van der Waals surface area contributed by atoms with E-state index in [4.69, 9.17) is 10.5 Å². The Balaban J connectivity index is 1.77. The van der Waals surface area contributed by atoms with E-state index in [1.807, 2.05) is 0 Å². The van der Waals surface area contributed by atoms with Gasteiger partial charge in [0, 0.05) is 6.42 Å². The molecule has 1 aliphatic rings. The summed E-state index contributed by atoms with van der Waals surface area (Å²) in [6.45, 7) is 1.69. The second-order valence-electron chi connectivity index (χ2n) is 4.49. The lowest BCUT2D eigenvalue weighted by Crippen LogP contribution is -1.97. The molecule has 88 valence electrons. The van der Waals surface area contributed by atoms with Crippen molar-refractivity contribution >= 4 is 0 Å². The Morgan fingerprint density at radius 1 is 1.12 bits per heavy atom. The predicted octanol–water partition coefficient (Wildman–Crippen LogP) is 2.68. The van der Waals surface area contributed by atoms with Crippen LogP contribution in [0.1, 0.15) is 36.8 Å². The van der Waals surface area contributed by atoms with Gasteiger partial charge in [-0.05, 0) is 43.0 Å². The fourth-order valence-electron chi connectivity index (χ4n) is 2.22. The number of rotatable bonds is 6. The summed E-state index contributed by atoms with van der Waals surface area (Å²) in [7, 11) is 0. The number of hydrogen-bond donors (Lipinski definition) is 1. The van der Waals surface area contributed by atoms with Crippen LogP contribution >= 0.6 is 0 Å². The molecule has 2 nitrogen and oxygen atoms in total. The molecule has 0 radical (unpaired) electrons. The predicted molar refractivity (Wildman–Crippen MR) is 66.9 cm³/mol. The molecule has 1 heterocycles. The average Bonchev–Trinajstić information content (AvgIpc) is 2.76. The van der Waals surface area contributed by atoms with Crippen LogP contribution in [-0.2, 0) is 12.8 Å². The minimum absolute atomic E-state index is 0.830. The van der Waals surface area contributed by atoms with Crippen LogP contribution in [0.25, 0.3) is 0 Å². The lowest BCUT2D eigenvalue weighted by atomic mass is 10.0. The van der Waals surface area contributed by atoms with E-state index in [0.717, 1.165) is 31.7 Å². The molecule has 0 bridgehead atoms. The Bertz CT molecular complexity index is 336. The van der Waals surface area contributed by atoms with Gasteiger partial charge < -0.3 is 10.5 Å². The van der Waals surface area contributed by atoms with Crippen molar-refractivity contribution in [1.82, 2.24) is 0 Å². The third kappa shape index (κ3) is 2.99. The SMILES string of the molecule is NCCCCCCc1ccc2c(c1)CCO2. The van der Waals surface area contributed by atoms with Crippen molar-refractivity contribution in [3.05, 3.63) is 29.3 Å². The molecule has 0 spiro atoms. The van der Waals surface area contributed by atoms with Gasteiger partial charge in [0.25, 0.3) is 0 Å². The van der Waals surface area contributed by atoms with Gasteiger partial charge >= 0.3 is 0 Å². The summed E-state index contributed by atoms with van der Waals surface area (Å²) < 4.78 is 5.50. The number of hydrogen-bond acceptors (Lipinski definition) is 2. The Morgan fingerprint density at radius 3 is 2.88 bits per heavy atom. The summed E-state index contributed by atoms with van der Waals surface area (Å²) in [5.74, 6) is 1.09. The van der Waals surface area contributed by atoms with Gasteiger partial charge in [-0.15, -0.1) is 0 Å². The normalized spacial score (nSPS) is 13.6. The van der Waals surface area contributed by atoms with Crippen molar-refractivity contribution in [3.8, 4) is 5.75 Å². The molecule has 0 saturated heterocycles. The fourth-order valence-corrected chi connectivity index (χ4v) is 2.22. The van der Waals surface area contributed by atoms with Crippen molar-refractivity contribution in [2.45, 2.75) is 38.5 Å². The first kappa shape index (κ1) is 11.5. The van der Waals surface area contributed by atoms with Crippen molar-refractivity contribution in [3.63, 3.8) is 0 Å². The molecule has 0 fully saturated rings. The van der Waals surface area contributed by atoms with Crippen LogP contribution in [0.4, 0.5) is 0 Å². The van der Waals surface area contributed by atoms with Gasteiger partial charge in [-0.25, -0.2) is 0 Å². The zero-order valence-corrected chi connectivity index (χ0v) is 9.87. The summed E-state index contributed by atoms with van der Waals surface area (Å²) in [5.41, 5.74) is 8.31. The first-order valence-electron chi connectivity index (χ1n) is 6.35. The molecular weight excluding hydrogens is 198 g/mol. The zero-order chi connectivity index (χ0) is 11.2. The molecule has 2 N–H and O–H groups in total. The molecule has 0 aromatic heterocycles. The van der Waals surface area contributed by atoms with Crippen molar-refractivity contribution in [1.29, 1.82) is 0 Å². The van der Waals surface area contributed by atoms with E-state index in [1.54, 1.807) is 0 Å². The summed E-state index contributed by atoms with van der Waals surface area (Å²) in [5, 5.41) is 0. The molecule has 0 unspecified atom stereocenters. The fraction of sp³-hybridized carbons (Fsp3) is 0.571. The van der Waals surface area contributed by atoms with E-state index in [0.29, 0.717) is 0 Å². The van der Waals surface area contributed by atoms with Crippen LogP contribution in [0.3, 0.4) is 0 Å². The second-order valence-corrected chi connectivity index (χ2v) is 4.49. The number of unbranched alkanes of at least 4 members (excludes halogenated alkanes) is 3. The van der Waals surface area contributed by atoms with Gasteiger partial charge in [0.2, 0.25) is 0 Å². The molecule has 1 aromatic rings. The highest BCUT2D eigenvalue weighted by molar-refractivity contribution is 5.39. The number of benzene rings is 1. The Hall–Kier alpha value is -1.02. The molecule has 0 atom stereocenters. The van der Waals surface area contributed by atoms with E-state index < -0.39 is 0 Å². The molecule has 2 rings (SSSR count). The summed E-state index contributed by atoms with van der Waals surface area (Å²) in [6, 6.07) is 6.63. The minimum Gasteiger partial charge on any atom is -0.493 e. The van der Waals surface area contributed by atoms with Crippen molar-refractivity contribution in [2.75, 3.05) is 13.2 Å². The first-order valence-corrected chi connectivity index (χ1v) is 6.35. The van der Waals surface area contributed by atoms with E-state index in [1.165, 1.54) is 36.8 Å². The summed E-state index contributed by atoms with van der Waals surface area (Å²) in [4.78, 5) is 0.